The molecule has 0 aliphatic heterocycles. The summed E-state index contributed by atoms with van der Waals surface area (Å²) in [6, 6.07) is 5.89. The summed E-state index contributed by atoms with van der Waals surface area (Å²) >= 11 is 0. The van der Waals surface area contributed by atoms with E-state index >= 15 is 0 Å². The predicted molar refractivity (Wildman–Crippen MR) is 40.2 cm³/mol. The molecule has 0 heterocycles. The van der Waals surface area contributed by atoms with Crippen molar-refractivity contribution in [2.24, 2.45) is 0 Å². The van der Waals surface area contributed by atoms with Crippen molar-refractivity contribution in [2.45, 2.75) is 6.10 Å². The summed E-state index contributed by atoms with van der Waals surface area (Å²) in [7, 11) is 0. The van der Waals surface area contributed by atoms with Gasteiger partial charge < -0.3 is 5.11 Å². The second kappa shape index (κ2) is 3.18. The quantitative estimate of drug-likeness (QED) is 0.601. The van der Waals surface area contributed by atoms with Gasteiger partial charge >= 0.3 is 0 Å². The summed E-state index contributed by atoms with van der Waals surface area (Å²) < 4.78 is 12.8. The first-order chi connectivity index (χ1) is 5.25. The van der Waals surface area contributed by atoms with Gasteiger partial charge in [-0.2, -0.15) is 0 Å². The maximum Gasteiger partial charge on any atom is 0.142 e. The van der Waals surface area contributed by atoms with Gasteiger partial charge in [0.25, 0.3) is 0 Å². The van der Waals surface area contributed by atoms with Crippen LogP contribution in [0.1, 0.15) is 11.7 Å². The van der Waals surface area contributed by atoms with Crippen molar-refractivity contribution in [3.63, 3.8) is 0 Å². The van der Waals surface area contributed by atoms with Gasteiger partial charge in [0.1, 0.15) is 11.9 Å². The van der Waals surface area contributed by atoms with Crippen molar-refractivity contribution < 1.29 is 9.50 Å². The Kier molecular flexibility index (Phi) is 2.25. The second-order valence-electron chi connectivity index (χ2n) is 2.09. The third-order valence-electron chi connectivity index (χ3n) is 1.36. The minimum absolute atomic E-state index is 0.148. The third-order valence-corrected chi connectivity index (χ3v) is 1.36. The highest BCUT2D eigenvalue weighted by molar-refractivity contribution is 5.24. The standard InChI is InChI=1S/C9H7FO/c1-2-9(11)7-5-3-4-6-8(7)10/h1,3-6,9,11H/t9-/m1/s1. The Morgan fingerprint density at radius 1 is 1.45 bits per heavy atom. The average Bonchev–Trinajstić information content (AvgIpc) is 2.04. The van der Waals surface area contributed by atoms with Crippen LogP contribution < -0.4 is 0 Å². The van der Waals surface area contributed by atoms with Gasteiger partial charge in [-0.25, -0.2) is 4.39 Å². The molecule has 1 N–H and O–H groups in total. The molecular weight excluding hydrogens is 143 g/mol. The molecule has 11 heavy (non-hydrogen) atoms. The van der Waals surface area contributed by atoms with E-state index < -0.39 is 11.9 Å². The van der Waals surface area contributed by atoms with Crippen molar-refractivity contribution in [1.29, 1.82) is 0 Å². The van der Waals surface area contributed by atoms with Gasteiger partial charge in [-0.3, -0.25) is 0 Å². The van der Waals surface area contributed by atoms with Gasteiger partial charge in [0.05, 0.1) is 0 Å². The Morgan fingerprint density at radius 2 is 2.09 bits per heavy atom. The van der Waals surface area contributed by atoms with Crippen molar-refractivity contribution in [3.8, 4) is 12.3 Å². The smallest absolute Gasteiger partial charge is 0.142 e. The van der Waals surface area contributed by atoms with E-state index in [-0.39, 0.29) is 5.56 Å². The van der Waals surface area contributed by atoms with E-state index in [1.165, 1.54) is 12.1 Å². The summed E-state index contributed by atoms with van der Waals surface area (Å²) in [6.07, 6.45) is 3.76. The fourth-order valence-electron chi connectivity index (χ4n) is 0.787. The van der Waals surface area contributed by atoms with Crippen LogP contribution in [0.5, 0.6) is 0 Å². The minimum atomic E-state index is -1.14. The molecule has 0 fully saturated rings. The normalized spacial score (nSPS) is 12.1. The van der Waals surface area contributed by atoms with Crippen LogP contribution in [0.4, 0.5) is 4.39 Å². The lowest BCUT2D eigenvalue weighted by Gasteiger charge is -2.03. The molecule has 1 atom stereocenters. The lowest BCUT2D eigenvalue weighted by atomic mass is 10.1. The molecule has 0 radical (unpaired) electrons. The fourth-order valence-corrected chi connectivity index (χ4v) is 0.787. The number of rotatable bonds is 1. The summed E-state index contributed by atoms with van der Waals surface area (Å²) in [5.74, 6) is 1.56. The maximum atomic E-state index is 12.8. The van der Waals surface area contributed by atoms with Crippen LogP contribution in [0, 0.1) is 18.2 Å². The van der Waals surface area contributed by atoms with Gasteiger partial charge in [-0.05, 0) is 6.07 Å². The molecule has 56 valence electrons. The zero-order valence-electron chi connectivity index (χ0n) is 5.79. The first kappa shape index (κ1) is 7.77. The molecule has 1 aromatic carbocycles. The SMILES string of the molecule is C#C[C@@H](O)c1ccccc1F. The largest absolute Gasteiger partial charge is 0.376 e. The predicted octanol–water partition coefficient (Wildman–Crippen LogP) is 1.49. The van der Waals surface area contributed by atoms with E-state index in [9.17, 15) is 4.39 Å². The Labute approximate surface area is 64.5 Å². The Bertz CT molecular complexity index is 288. The zero-order chi connectivity index (χ0) is 8.27. The van der Waals surface area contributed by atoms with Gasteiger partial charge in [0.2, 0.25) is 0 Å². The second-order valence-corrected chi connectivity index (χ2v) is 2.09. The van der Waals surface area contributed by atoms with E-state index in [4.69, 9.17) is 11.5 Å². The summed E-state index contributed by atoms with van der Waals surface area (Å²) in [6.45, 7) is 0. The number of aliphatic hydroxyl groups excluding tert-OH is 1. The number of halogens is 1. The molecule has 0 unspecified atom stereocenters. The van der Waals surface area contributed by atoms with Crippen molar-refractivity contribution in [1.82, 2.24) is 0 Å². The molecule has 0 saturated heterocycles. The van der Waals surface area contributed by atoms with Crippen molar-refractivity contribution in [3.05, 3.63) is 35.6 Å². The van der Waals surface area contributed by atoms with Crippen LogP contribution in [0.25, 0.3) is 0 Å². The van der Waals surface area contributed by atoms with E-state index in [1.807, 2.05) is 5.92 Å². The highest BCUT2D eigenvalue weighted by Crippen LogP contribution is 2.14. The molecular formula is C9H7FO. The molecule has 0 aliphatic carbocycles. The average molecular weight is 150 g/mol. The van der Waals surface area contributed by atoms with Gasteiger partial charge in [0.15, 0.2) is 0 Å². The van der Waals surface area contributed by atoms with Crippen LogP contribution in [0.2, 0.25) is 0 Å². The highest BCUT2D eigenvalue weighted by Gasteiger charge is 2.07. The third kappa shape index (κ3) is 1.57. The molecule has 1 rings (SSSR count). The highest BCUT2D eigenvalue weighted by atomic mass is 19.1. The minimum Gasteiger partial charge on any atom is -0.376 e. The lowest BCUT2D eigenvalue weighted by Crippen LogP contribution is -1.96. The first-order valence-corrected chi connectivity index (χ1v) is 3.14. The van der Waals surface area contributed by atoms with Crippen LogP contribution in [0.3, 0.4) is 0 Å². The monoisotopic (exact) mass is 150 g/mol. The number of terminal acetylenes is 1. The van der Waals surface area contributed by atoms with Crippen molar-refractivity contribution in [2.75, 3.05) is 0 Å². The van der Waals surface area contributed by atoms with Crippen LogP contribution in [0.15, 0.2) is 24.3 Å². The molecule has 0 saturated carbocycles. The molecule has 1 nitrogen and oxygen atoms in total. The van der Waals surface area contributed by atoms with E-state index in [0.717, 1.165) is 0 Å². The van der Waals surface area contributed by atoms with Crippen LogP contribution >= 0.6 is 0 Å². The molecule has 0 amide bonds. The number of hydrogen-bond donors (Lipinski definition) is 1. The maximum absolute atomic E-state index is 12.8. The Morgan fingerprint density at radius 3 is 2.64 bits per heavy atom. The molecule has 0 spiro atoms. The summed E-state index contributed by atoms with van der Waals surface area (Å²) in [4.78, 5) is 0. The van der Waals surface area contributed by atoms with Gasteiger partial charge in [-0.15, -0.1) is 6.42 Å². The number of benzene rings is 1. The summed E-state index contributed by atoms with van der Waals surface area (Å²) in [5, 5.41) is 9.03. The fraction of sp³-hybridized carbons (Fsp3) is 0.111. The molecule has 2 heteroatoms. The van der Waals surface area contributed by atoms with Crippen molar-refractivity contribution >= 4 is 0 Å². The number of aliphatic hydroxyl groups is 1. The molecule has 0 aromatic heterocycles. The topological polar surface area (TPSA) is 20.2 Å². The van der Waals surface area contributed by atoms with Crippen LogP contribution in [-0.2, 0) is 0 Å². The first-order valence-electron chi connectivity index (χ1n) is 3.14. The molecule has 1 aromatic rings. The molecule has 0 aliphatic rings. The Balaban J connectivity index is 3.05. The number of hydrogen-bond acceptors (Lipinski definition) is 1. The van der Waals surface area contributed by atoms with Crippen LogP contribution in [-0.4, -0.2) is 5.11 Å². The van der Waals surface area contributed by atoms with Gasteiger partial charge in [-0.1, -0.05) is 24.1 Å². The zero-order valence-corrected chi connectivity index (χ0v) is 5.79. The van der Waals surface area contributed by atoms with E-state index in [2.05, 4.69) is 0 Å². The van der Waals surface area contributed by atoms with Gasteiger partial charge in [0, 0.05) is 5.56 Å². The van der Waals surface area contributed by atoms with E-state index in [1.54, 1.807) is 12.1 Å². The summed E-state index contributed by atoms with van der Waals surface area (Å²) in [5.41, 5.74) is 0.148. The molecule has 0 bridgehead atoms. The van der Waals surface area contributed by atoms with E-state index in [0.29, 0.717) is 0 Å². The lowest BCUT2D eigenvalue weighted by molar-refractivity contribution is 0.233. The Hall–Kier alpha value is -1.33.